The van der Waals surface area contributed by atoms with E-state index in [1.807, 2.05) is 0 Å². The lowest BCUT2D eigenvalue weighted by molar-refractivity contribution is 0.394. The highest BCUT2D eigenvalue weighted by Gasteiger charge is 2.46. The first-order valence-corrected chi connectivity index (χ1v) is 3.49. The van der Waals surface area contributed by atoms with E-state index in [9.17, 15) is 0 Å². The van der Waals surface area contributed by atoms with Gasteiger partial charge in [-0.3, -0.25) is 0 Å². The third kappa shape index (κ3) is 1.46. The summed E-state index contributed by atoms with van der Waals surface area (Å²) in [6.07, 6.45) is 0.995. The van der Waals surface area contributed by atoms with Crippen molar-refractivity contribution >= 4 is 7.12 Å². The SMILES string of the molecule is CC(C)[C@@H]1C[C@H]1B(O)O. The van der Waals surface area contributed by atoms with Gasteiger partial charge in [0.2, 0.25) is 0 Å². The predicted octanol–water partition coefficient (Wildman–Crippen LogP) is 0.505. The molecule has 0 aliphatic heterocycles. The zero-order chi connectivity index (χ0) is 7.02. The molecule has 0 heterocycles. The van der Waals surface area contributed by atoms with Crippen molar-refractivity contribution in [2.75, 3.05) is 0 Å². The summed E-state index contributed by atoms with van der Waals surface area (Å²) in [7, 11) is -1.07. The van der Waals surface area contributed by atoms with Crippen molar-refractivity contribution in [1.29, 1.82) is 0 Å². The van der Waals surface area contributed by atoms with Crippen LogP contribution in [-0.2, 0) is 0 Å². The topological polar surface area (TPSA) is 40.5 Å². The van der Waals surface area contributed by atoms with Gasteiger partial charge in [-0.25, -0.2) is 0 Å². The molecule has 0 unspecified atom stereocenters. The van der Waals surface area contributed by atoms with Gasteiger partial charge in [-0.05, 0) is 24.1 Å². The Hall–Kier alpha value is -0.0151. The van der Waals surface area contributed by atoms with Crippen molar-refractivity contribution in [2.24, 2.45) is 11.8 Å². The quantitative estimate of drug-likeness (QED) is 0.531. The second-order valence-electron chi connectivity index (χ2n) is 3.22. The van der Waals surface area contributed by atoms with Crippen LogP contribution in [0.5, 0.6) is 0 Å². The first-order chi connectivity index (χ1) is 4.13. The molecular weight excluding hydrogens is 115 g/mol. The molecule has 9 heavy (non-hydrogen) atoms. The highest BCUT2D eigenvalue weighted by molar-refractivity contribution is 6.44. The zero-order valence-corrected chi connectivity index (χ0v) is 5.91. The molecule has 1 saturated carbocycles. The molecule has 2 N–H and O–H groups in total. The Morgan fingerprint density at radius 1 is 1.44 bits per heavy atom. The minimum atomic E-state index is -1.07. The molecule has 1 rings (SSSR count). The van der Waals surface area contributed by atoms with Crippen LogP contribution in [0, 0.1) is 11.8 Å². The van der Waals surface area contributed by atoms with E-state index in [4.69, 9.17) is 10.0 Å². The summed E-state index contributed by atoms with van der Waals surface area (Å²) < 4.78 is 0. The van der Waals surface area contributed by atoms with Crippen molar-refractivity contribution in [1.82, 2.24) is 0 Å². The van der Waals surface area contributed by atoms with Gasteiger partial charge in [-0.2, -0.15) is 0 Å². The van der Waals surface area contributed by atoms with Crippen LogP contribution >= 0.6 is 0 Å². The smallest absolute Gasteiger partial charge is 0.427 e. The zero-order valence-electron chi connectivity index (χ0n) is 5.91. The van der Waals surface area contributed by atoms with Crippen molar-refractivity contribution in [3.8, 4) is 0 Å². The second-order valence-corrected chi connectivity index (χ2v) is 3.22. The average Bonchev–Trinajstić information content (AvgIpc) is 2.39. The van der Waals surface area contributed by atoms with Gasteiger partial charge in [-0.15, -0.1) is 0 Å². The summed E-state index contributed by atoms with van der Waals surface area (Å²) in [5.41, 5.74) is 0. The molecular formula is C6H13BO2. The summed E-state index contributed by atoms with van der Waals surface area (Å²) in [4.78, 5) is 0. The molecule has 2 nitrogen and oxygen atoms in total. The Bertz CT molecular complexity index is 91.2. The lowest BCUT2D eigenvalue weighted by atomic mass is 9.80. The van der Waals surface area contributed by atoms with Gasteiger partial charge in [0.1, 0.15) is 0 Å². The predicted molar refractivity (Wildman–Crippen MR) is 36.9 cm³/mol. The van der Waals surface area contributed by atoms with Gasteiger partial charge in [0.05, 0.1) is 0 Å². The van der Waals surface area contributed by atoms with E-state index in [0.717, 1.165) is 6.42 Å². The fourth-order valence-corrected chi connectivity index (χ4v) is 1.35. The Balaban J connectivity index is 2.24. The molecule has 0 aromatic carbocycles. The number of hydrogen-bond donors (Lipinski definition) is 2. The van der Waals surface area contributed by atoms with Crippen LogP contribution in [0.25, 0.3) is 0 Å². The molecule has 3 heteroatoms. The number of rotatable bonds is 2. The third-order valence-electron chi connectivity index (χ3n) is 2.13. The standard InChI is InChI=1S/C6H13BO2/c1-4(2)5-3-6(5)7(8)9/h4-6,8-9H,3H2,1-2H3/t5-,6+/m0/s1. The summed E-state index contributed by atoms with van der Waals surface area (Å²) in [6.45, 7) is 4.24. The normalized spacial score (nSPS) is 33.0. The fraction of sp³-hybridized carbons (Fsp3) is 1.00. The molecule has 0 aromatic heterocycles. The van der Waals surface area contributed by atoms with Crippen molar-refractivity contribution in [3.05, 3.63) is 0 Å². The van der Waals surface area contributed by atoms with E-state index in [0.29, 0.717) is 11.8 Å². The third-order valence-corrected chi connectivity index (χ3v) is 2.13. The summed E-state index contributed by atoms with van der Waals surface area (Å²) in [5.74, 6) is 1.34. The molecule has 0 amide bonds. The van der Waals surface area contributed by atoms with E-state index >= 15 is 0 Å². The Labute approximate surface area is 56.0 Å². The molecule has 0 spiro atoms. The molecule has 0 aromatic rings. The van der Waals surface area contributed by atoms with Gasteiger partial charge in [0.15, 0.2) is 0 Å². The highest BCUT2D eigenvalue weighted by atomic mass is 16.4. The van der Waals surface area contributed by atoms with E-state index in [1.165, 1.54) is 0 Å². The van der Waals surface area contributed by atoms with E-state index in [-0.39, 0.29) is 5.82 Å². The largest absolute Gasteiger partial charge is 0.455 e. The van der Waals surface area contributed by atoms with Gasteiger partial charge in [0.25, 0.3) is 0 Å². The van der Waals surface area contributed by atoms with Crippen LogP contribution in [0.15, 0.2) is 0 Å². The molecule has 52 valence electrons. The second kappa shape index (κ2) is 2.31. The summed E-state index contributed by atoms with van der Waals surface area (Å²) in [6, 6.07) is 0. The van der Waals surface area contributed by atoms with Crippen LogP contribution < -0.4 is 0 Å². The van der Waals surface area contributed by atoms with Crippen LogP contribution in [0.1, 0.15) is 20.3 Å². The summed E-state index contributed by atoms with van der Waals surface area (Å²) in [5, 5.41) is 17.3. The lowest BCUT2D eigenvalue weighted by Gasteiger charge is -2.00. The average molecular weight is 128 g/mol. The van der Waals surface area contributed by atoms with Gasteiger partial charge in [-0.1, -0.05) is 13.8 Å². The monoisotopic (exact) mass is 128 g/mol. The van der Waals surface area contributed by atoms with Crippen LogP contribution in [0.3, 0.4) is 0 Å². The van der Waals surface area contributed by atoms with Gasteiger partial charge in [0, 0.05) is 0 Å². The maximum atomic E-state index is 8.67. The van der Waals surface area contributed by atoms with E-state index in [1.54, 1.807) is 0 Å². The fourth-order valence-electron chi connectivity index (χ4n) is 1.35. The Morgan fingerprint density at radius 3 is 2.11 bits per heavy atom. The van der Waals surface area contributed by atoms with Crippen molar-refractivity contribution in [3.63, 3.8) is 0 Å². The van der Waals surface area contributed by atoms with Crippen LogP contribution in [0.4, 0.5) is 0 Å². The molecule has 1 aliphatic rings. The van der Waals surface area contributed by atoms with Gasteiger partial charge < -0.3 is 10.0 Å². The first kappa shape index (κ1) is 7.10. The molecule has 1 fully saturated rings. The van der Waals surface area contributed by atoms with E-state index in [2.05, 4.69) is 13.8 Å². The van der Waals surface area contributed by atoms with E-state index < -0.39 is 7.12 Å². The molecule has 1 aliphatic carbocycles. The maximum Gasteiger partial charge on any atom is 0.455 e. The summed E-state index contributed by atoms with van der Waals surface area (Å²) >= 11 is 0. The molecule has 0 bridgehead atoms. The Kier molecular flexibility index (Phi) is 1.82. The van der Waals surface area contributed by atoms with Gasteiger partial charge >= 0.3 is 7.12 Å². The number of hydrogen-bond acceptors (Lipinski definition) is 2. The molecule has 0 saturated heterocycles. The van der Waals surface area contributed by atoms with Crippen molar-refractivity contribution in [2.45, 2.75) is 26.1 Å². The highest BCUT2D eigenvalue weighted by Crippen LogP contribution is 2.50. The first-order valence-electron chi connectivity index (χ1n) is 3.49. The molecule has 0 radical (unpaired) electrons. The van der Waals surface area contributed by atoms with Crippen LogP contribution in [0.2, 0.25) is 5.82 Å². The Morgan fingerprint density at radius 2 is 2.00 bits per heavy atom. The minimum Gasteiger partial charge on any atom is -0.427 e. The lowest BCUT2D eigenvalue weighted by Crippen LogP contribution is -2.12. The minimum absolute atomic E-state index is 0.171. The molecule has 2 atom stereocenters. The van der Waals surface area contributed by atoms with Crippen molar-refractivity contribution < 1.29 is 10.0 Å². The van der Waals surface area contributed by atoms with Crippen LogP contribution in [-0.4, -0.2) is 17.2 Å². The maximum absolute atomic E-state index is 8.67.